The van der Waals surface area contributed by atoms with E-state index in [1.54, 1.807) is 0 Å². The first-order valence-corrected chi connectivity index (χ1v) is 4.59. The molecule has 12 heavy (non-hydrogen) atoms. The summed E-state index contributed by atoms with van der Waals surface area (Å²) < 4.78 is 0. The molecule has 1 saturated heterocycles. The van der Waals surface area contributed by atoms with E-state index in [9.17, 15) is 0 Å². The van der Waals surface area contributed by atoms with E-state index in [2.05, 4.69) is 16.3 Å². The van der Waals surface area contributed by atoms with Crippen LogP contribution in [-0.4, -0.2) is 37.1 Å². The fourth-order valence-electron chi connectivity index (χ4n) is 1.90. The minimum atomic E-state index is 0.0749. The number of hydrogen-bond donors (Lipinski definition) is 1. The van der Waals surface area contributed by atoms with E-state index in [1.165, 1.54) is 12.8 Å². The molecule has 3 heteroatoms. The molecule has 0 radical (unpaired) electrons. The lowest BCUT2D eigenvalue weighted by molar-refractivity contribution is 0.224. The van der Waals surface area contributed by atoms with E-state index in [0.29, 0.717) is 6.04 Å². The van der Waals surface area contributed by atoms with Crippen molar-refractivity contribution < 1.29 is 0 Å². The highest BCUT2D eigenvalue weighted by Gasteiger charge is 2.27. The number of nitrogens with zero attached hydrogens (tertiary/aromatic N) is 2. The Morgan fingerprint density at radius 3 is 3.08 bits per heavy atom. The molecule has 0 aromatic carbocycles. The molecule has 0 aliphatic carbocycles. The van der Waals surface area contributed by atoms with Gasteiger partial charge in [-0.05, 0) is 33.4 Å². The van der Waals surface area contributed by atoms with Crippen LogP contribution in [0.4, 0.5) is 0 Å². The van der Waals surface area contributed by atoms with Gasteiger partial charge in [-0.15, -0.1) is 0 Å². The third-order valence-corrected chi connectivity index (χ3v) is 2.55. The van der Waals surface area contributed by atoms with E-state index in [4.69, 9.17) is 5.26 Å². The van der Waals surface area contributed by atoms with Crippen LogP contribution in [0.15, 0.2) is 0 Å². The SMILES string of the molecule is CNCC1CCCN1C(C)C#N. The normalized spacial score (nSPS) is 26.9. The molecule has 2 atom stereocenters. The predicted molar refractivity (Wildman–Crippen MR) is 48.7 cm³/mol. The second-order valence-corrected chi connectivity index (χ2v) is 3.40. The van der Waals surface area contributed by atoms with Gasteiger partial charge in [0.15, 0.2) is 0 Å². The summed E-state index contributed by atoms with van der Waals surface area (Å²) in [4.78, 5) is 2.29. The molecule has 1 fully saturated rings. The largest absolute Gasteiger partial charge is 0.318 e. The molecule has 0 bridgehead atoms. The van der Waals surface area contributed by atoms with Crippen molar-refractivity contribution in [1.29, 1.82) is 5.26 Å². The number of likely N-dealkylation sites (tertiary alicyclic amines) is 1. The Bertz CT molecular complexity index is 173. The lowest BCUT2D eigenvalue weighted by Gasteiger charge is -2.26. The number of nitriles is 1. The highest BCUT2D eigenvalue weighted by molar-refractivity contribution is 4.94. The van der Waals surface area contributed by atoms with Crippen LogP contribution in [0, 0.1) is 11.3 Å². The van der Waals surface area contributed by atoms with Gasteiger partial charge >= 0.3 is 0 Å². The van der Waals surface area contributed by atoms with Crippen molar-refractivity contribution >= 4 is 0 Å². The summed E-state index contributed by atoms with van der Waals surface area (Å²) in [6.45, 7) is 4.07. The highest BCUT2D eigenvalue weighted by Crippen LogP contribution is 2.18. The van der Waals surface area contributed by atoms with Crippen molar-refractivity contribution in [2.24, 2.45) is 0 Å². The van der Waals surface area contributed by atoms with Crippen molar-refractivity contribution in [2.75, 3.05) is 20.1 Å². The highest BCUT2D eigenvalue weighted by atomic mass is 15.2. The molecule has 1 N–H and O–H groups in total. The molecule has 1 rings (SSSR count). The average Bonchev–Trinajstić information content (AvgIpc) is 2.52. The zero-order valence-electron chi connectivity index (χ0n) is 7.88. The van der Waals surface area contributed by atoms with E-state index in [1.807, 2.05) is 14.0 Å². The van der Waals surface area contributed by atoms with Crippen LogP contribution in [0.2, 0.25) is 0 Å². The van der Waals surface area contributed by atoms with Gasteiger partial charge in [0.1, 0.15) is 0 Å². The molecular formula is C9H17N3. The number of likely N-dealkylation sites (N-methyl/N-ethyl adjacent to an activating group) is 1. The third kappa shape index (κ3) is 1.96. The lowest BCUT2D eigenvalue weighted by atomic mass is 10.2. The fourth-order valence-corrected chi connectivity index (χ4v) is 1.90. The summed E-state index contributed by atoms with van der Waals surface area (Å²) in [5.41, 5.74) is 0. The first-order valence-electron chi connectivity index (χ1n) is 4.59. The molecule has 0 aromatic heterocycles. The number of rotatable bonds is 3. The lowest BCUT2D eigenvalue weighted by Crippen LogP contribution is -2.41. The molecule has 0 amide bonds. The van der Waals surface area contributed by atoms with E-state index < -0.39 is 0 Å². The molecule has 0 spiro atoms. The predicted octanol–water partition coefficient (Wildman–Crippen LogP) is 0.582. The Kier molecular flexibility index (Phi) is 3.51. The number of nitrogens with one attached hydrogen (secondary N) is 1. The van der Waals surface area contributed by atoms with Crippen LogP contribution >= 0.6 is 0 Å². The molecule has 0 aromatic rings. The molecule has 3 nitrogen and oxygen atoms in total. The van der Waals surface area contributed by atoms with Gasteiger partial charge in [0.25, 0.3) is 0 Å². The smallest absolute Gasteiger partial charge is 0.0952 e. The summed E-state index contributed by atoms with van der Waals surface area (Å²) in [6.07, 6.45) is 2.46. The Morgan fingerprint density at radius 1 is 1.75 bits per heavy atom. The Balaban J connectivity index is 2.46. The quantitative estimate of drug-likeness (QED) is 0.668. The standard InChI is InChI=1S/C9H17N3/c1-8(6-10)12-5-3-4-9(12)7-11-2/h8-9,11H,3-5,7H2,1-2H3. The summed E-state index contributed by atoms with van der Waals surface area (Å²) >= 11 is 0. The molecule has 68 valence electrons. The number of hydrogen-bond acceptors (Lipinski definition) is 3. The van der Waals surface area contributed by atoms with Crippen LogP contribution in [0.3, 0.4) is 0 Å². The van der Waals surface area contributed by atoms with Crippen LogP contribution in [0.25, 0.3) is 0 Å². The zero-order valence-corrected chi connectivity index (χ0v) is 7.88. The van der Waals surface area contributed by atoms with Crippen LogP contribution in [-0.2, 0) is 0 Å². The van der Waals surface area contributed by atoms with Crippen molar-refractivity contribution in [3.05, 3.63) is 0 Å². The molecule has 0 saturated carbocycles. The van der Waals surface area contributed by atoms with Gasteiger partial charge < -0.3 is 5.32 Å². The first kappa shape index (κ1) is 9.50. The van der Waals surface area contributed by atoms with Gasteiger partial charge in [-0.2, -0.15) is 5.26 Å². The molecule has 1 aliphatic heterocycles. The topological polar surface area (TPSA) is 39.1 Å². The van der Waals surface area contributed by atoms with Gasteiger partial charge in [-0.3, -0.25) is 4.90 Å². The summed E-state index contributed by atoms with van der Waals surface area (Å²) in [7, 11) is 1.97. The maximum atomic E-state index is 8.77. The summed E-state index contributed by atoms with van der Waals surface area (Å²) in [5, 5.41) is 11.9. The van der Waals surface area contributed by atoms with Crippen molar-refractivity contribution in [1.82, 2.24) is 10.2 Å². The molecule has 1 heterocycles. The second kappa shape index (κ2) is 4.44. The zero-order chi connectivity index (χ0) is 8.97. The molecule has 1 aliphatic rings. The minimum Gasteiger partial charge on any atom is -0.318 e. The van der Waals surface area contributed by atoms with Crippen LogP contribution in [0.1, 0.15) is 19.8 Å². The minimum absolute atomic E-state index is 0.0749. The van der Waals surface area contributed by atoms with E-state index in [0.717, 1.165) is 13.1 Å². The van der Waals surface area contributed by atoms with Crippen molar-refractivity contribution in [3.63, 3.8) is 0 Å². The van der Waals surface area contributed by atoms with Gasteiger partial charge in [0.05, 0.1) is 12.1 Å². The van der Waals surface area contributed by atoms with Gasteiger partial charge in [0.2, 0.25) is 0 Å². The van der Waals surface area contributed by atoms with Gasteiger partial charge in [-0.25, -0.2) is 0 Å². The van der Waals surface area contributed by atoms with Gasteiger partial charge in [0, 0.05) is 12.6 Å². The molecule has 2 unspecified atom stereocenters. The molecular weight excluding hydrogens is 150 g/mol. The third-order valence-electron chi connectivity index (χ3n) is 2.55. The Labute approximate surface area is 74.4 Å². The van der Waals surface area contributed by atoms with Crippen molar-refractivity contribution in [3.8, 4) is 6.07 Å². The maximum Gasteiger partial charge on any atom is 0.0952 e. The monoisotopic (exact) mass is 167 g/mol. The average molecular weight is 167 g/mol. The fraction of sp³-hybridized carbons (Fsp3) is 0.889. The van der Waals surface area contributed by atoms with Gasteiger partial charge in [-0.1, -0.05) is 0 Å². The maximum absolute atomic E-state index is 8.77. The Hall–Kier alpha value is -0.590. The first-order chi connectivity index (χ1) is 5.79. The Morgan fingerprint density at radius 2 is 2.50 bits per heavy atom. The van der Waals surface area contributed by atoms with E-state index >= 15 is 0 Å². The van der Waals surface area contributed by atoms with Crippen LogP contribution < -0.4 is 5.32 Å². The van der Waals surface area contributed by atoms with Crippen LogP contribution in [0.5, 0.6) is 0 Å². The summed E-state index contributed by atoms with van der Waals surface area (Å²) in [6, 6.07) is 2.94. The van der Waals surface area contributed by atoms with Crippen molar-refractivity contribution in [2.45, 2.75) is 31.8 Å². The second-order valence-electron chi connectivity index (χ2n) is 3.40. The van der Waals surface area contributed by atoms with E-state index in [-0.39, 0.29) is 6.04 Å². The summed E-state index contributed by atoms with van der Waals surface area (Å²) in [5.74, 6) is 0.